The lowest BCUT2D eigenvalue weighted by atomic mass is 10.2. The van der Waals surface area contributed by atoms with Gasteiger partial charge in [0.1, 0.15) is 0 Å². The maximum atomic E-state index is 13.0. The average molecular weight is 356 g/mol. The van der Waals surface area contributed by atoms with Crippen molar-refractivity contribution in [3.63, 3.8) is 0 Å². The molecule has 0 saturated heterocycles. The summed E-state index contributed by atoms with van der Waals surface area (Å²) in [6, 6.07) is 9.26. The van der Waals surface area contributed by atoms with Crippen LogP contribution in [-0.4, -0.2) is 25.3 Å². The molecule has 0 atom stereocenters. The van der Waals surface area contributed by atoms with Crippen molar-refractivity contribution in [3.05, 3.63) is 51.2 Å². The van der Waals surface area contributed by atoms with E-state index in [0.717, 1.165) is 19.3 Å². The minimum absolute atomic E-state index is 0.142. The standard InChI is InChI=1S/C16H18ClNO2S2/c1-12-15(17)5-2-6-16(12)22(19,20)18(13-7-8-13)10-9-14-4-3-11-21-14/h2-6,11,13H,7-10H2,1H3. The lowest BCUT2D eigenvalue weighted by Gasteiger charge is -2.23. The molecule has 22 heavy (non-hydrogen) atoms. The van der Waals surface area contributed by atoms with Crippen LogP contribution < -0.4 is 0 Å². The molecule has 1 aromatic heterocycles. The summed E-state index contributed by atoms with van der Waals surface area (Å²) in [6.45, 7) is 2.29. The highest BCUT2D eigenvalue weighted by molar-refractivity contribution is 7.89. The molecule has 0 bridgehead atoms. The van der Waals surface area contributed by atoms with E-state index in [4.69, 9.17) is 11.6 Å². The van der Waals surface area contributed by atoms with E-state index >= 15 is 0 Å². The molecule has 1 heterocycles. The van der Waals surface area contributed by atoms with Crippen LogP contribution in [0, 0.1) is 6.92 Å². The fourth-order valence-electron chi connectivity index (χ4n) is 2.53. The van der Waals surface area contributed by atoms with Gasteiger partial charge in [0.2, 0.25) is 10.0 Å². The SMILES string of the molecule is Cc1c(Cl)cccc1S(=O)(=O)N(CCc1cccs1)C1CC1. The van der Waals surface area contributed by atoms with Gasteiger partial charge in [0, 0.05) is 22.5 Å². The summed E-state index contributed by atoms with van der Waals surface area (Å²) in [5, 5.41) is 2.52. The number of benzene rings is 1. The summed E-state index contributed by atoms with van der Waals surface area (Å²) in [5.41, 5.74) is 0.631. The van der Waals surface area contributed by atoms with Crippen LogP contribution in [0.25, 0.3) is 0 Å². The van der Waals surface area contributed by atoms with Gasteiger partial charge in [-0.1, -0.05) is 23.7 Å². The van der Waals surface area contributed by atoms with Gasteiger partial charge in [0.15, 0.2) is 0 Å². The molecule has 1 aliphatic rings. The van der Waals surface area contributed by atoms with E-state index in [0.29, 0.717) is 22.0 Å². The van der Waals surface area contributed by atoms with Crippen LogP contribution in [0.4, 0.5) is 0 Å². The molecular formula is C16H18ClNO2S2. The van der Waals surface area contributed by atoms with Gasteiger partial charge in [0.25, 0.3) is 0 Å². The van der Waals surface area contributed by atoms with Crippen molar-refractivity contribution in [3.8, 4) is 0 Å². The number of thiophene rings is 1. The van der Waals surface area contributed by atoms with E-state index in [1.54, 1.807) is 40.8 Å². The summed E-state index contributed by atoms with van der Waals surface area (Å²) in [7, 11) is -3.49. The van der Waals surface area contributed by atoms with Gasteiger partial charge in [-0.2, -0.15) is 4.31 Å². The molecule has 118 valence electrons. The monoisotopic (exact) mass is 355 g/mol. The molecule has 3 nitrogen and oxygen atoms in total. The summed E-state index contributed by atoms with van der Waals surface area (Å²) in [6.07, 6.45) is 2.65. The van der Waals surface area contributed by atoms with Crippen molar-refractivity contribution in [1.29, 1.82) is 0 Å². The van der Waals surface area contributed by atoms with Gasteiger partial charge in [0.05, 0.1) is 4.90 Å². The second-order valence-electron chi connectivity index (χ2n) is 5.54. The fourth-order valence-corrected chi connectivity index (χ4v) is 5.39. The first-order chi connectivity index (χ1) is 10.5. The third-order valence-corrected chi connectivity index (χ3v) is 7.36. The van der Waals surface area contributed by atoms with Crippen LogP contribution in [-0.2, 0) is 16.4 Å². The first-order valence-corrected chi connectivity index (χ1v) is 9.99. The number of nitrogens with zero attached hydrogens (tertiary/aromatic N) is 1. The van der Waals surface area contributed by atoms with Crippen molar-refractivity contribution in [1.82, 2.24) is 4.31 Å². The van der Waals surface area contributed by atoms with Gasteiger partial charge in [-0.25, -0.2) is 8.42 Å². The van der Waals surface area contributed by atoms with Crippen LogP contribution in [0.1, 0.15) is 23.3 Å². The highest BCUT2D eigenvalue weighted by Gasteiger charge is 2.38. The molecule has 0 unspecified atom stereocenters. The van der Waals surface area contributed by atoms with Crippen LogP contribution in [0.15, 0.2) is 40.6 Å². The van der Waals surface area contributed by atoms with Crippen molar-refractivity contribution in [2.75, 3.05) is 6.54 Å². The molecule has 6 heteroatoms. The van der Waals surface area contributed by atoms with E-state index < -0.39 is 10.0 Å². The van der Waals surface area contributed by atoms with Crippen molar-refractivity contribution >= 4 is 33.0 Å². The van der Waals surface area contributed by atoms with Crippen LogP contribution in [0.3, 0.4) is 0 Å². The Morgan fingerprint density at radius 3 is 2.68 bits per heavy atom. The minimum atomic E-state index is -3.49. The van der Waals surface area contributed by atoms with Crippen molar-refractivity contribution in [2.45, 2.75) is 37.1 Å². The maximum absolute atomic E-state index is 13.0. The molecule has 0 aliphatic heterocycles. The molecule has 1 saturated carbocycles. The molecule has 0 spiro atoms. The number of rotatable bonds is 6. The fraction of sp³-hybridized carbons (Fsp3) is 0.375. The number of sulfonamides is 1. The Balaban J connectivity index is 1.88. The summed E-state index contributed by atoms with van der Waals surface area (Å²) in [5.74, 6) is 0. The average Bonchev–Trinajstić information content (AvgIpc) is 3.17. The second kappa shape index (κ2) is 6.32. The lowest BCUT2D eigenvalue weighted by molar-refractivity contribution is 0.407. The Labute approximate surface area is 140 Å². The predicted molar refractivity (Wildman–Crippen MR) is 91.1 cm³/mol. The number of halogens is 1. The zero-order chi connectivity index (χ0) is 15.7. The highest BCUT2D eigenvalue weighted by Crippen LogP contribution is 2.34. The molecule has 1 aliphatic carbocycles. The molecular weight excluding hydrogens is 338 g/mol. The van der Waals surface area contributed by atoms with Crippen molar-refractivity contribution in [2.24, 2.45) is 0 Å². The third-order valence-electron chi connectivity index (χ3n) is 3.92. The van der Waals surface area contributed by atoms with Gasteiger partial charge >= 0.3 is 0 Å². The lowest BCUT2D eigenvalue weighted by Crippen LogP contribution is -2.35. The highest BCUT2D eigenvalue weighted by atomic mass is 35.5. The summed E-state index contributed by atoms with van der Waals surface area (Å²) >= 11 is 7.76. The maximum Gasteiger partial charge on any atom is 0.243 e. The second-order valence-corrected chi connectivity index (χ2v) is 8.84. The quantitative estimate of drug-likeness (QED) is 0.782. The molecule has 2 aromatic rings. The Morgan fingerprint density at radius 2 is 2.05 bits per heavy atom. The first kappa shape index (κ1) is 16.0. The molecule has 0 N–H and O–H groups in total. The van der Waals surface area contributed by atoms with E-state index in [-0.39, 0.29) is 6.04 Å². The van der Waals surface area contributed by atoms with Crippen LogP contribution >= 0.6 is 22.9 Å². The molecule has 0 amide bonds. The van der Waals surface area contributed by atoms with Gasteiger partial charge in [-0.3, -0.25) is 0 Å². The predicted octanol–water partition coefficient (Wildman–Crippen LogP) is 4.11. The topological polar surface area (TPSA) is 37.4 Å². The zero-order valence-corrected chi connectivity index (χ0v) is 14.7. The Hall–Kier alpha value is -0.880. The first-order valence-electron chi connectivity index (χ1n) is 7.29. The van der Waals surface area contributed by atoms with Gasteiger partial charge in [-0.05, 0) is 55.3 Å². The Bertz CT molecular complexity index is 752. The van der Waals surface area contributed by atoms with E-state index in [1.807, 2.05) is 17.5 Å². The zero-order valence-electron chi connectivity index (χ0n) is 12.3. The normalized spacial score (nSPS) is 15.4. The number of hydrogen-bond donors (Lipinski definition) is 0. The van der Waals surface area contributed by atoms with E-state index in [1.165, 1.54) is 4.88 Å². The van der Waals surface area contributed by atoms with Crippen LogP contribution in [0.5, 0.6) is 0 Å². The Morgan fingerprint density at radius 1 is 1.27 bits per heavy atom. The summed E-state index contributed by atoms with van der Waals surface area (Å²) < 4.78 is 27.7. The molecule has 1 aromatic carbocycles. The number of hydrogen-bond acceptors (Lipinski definition) is 3. The van der Waals surface area contributed by atoms with E-state index in [9.17, 15) is 8.42 Å². The molecule has 1 fully saturated rings. The van der Waals surface area contributed by atoms with Gasteiger partial charge < -0.3 is 0 Å². The summed E-state index contributed by atoms with van der Waals surface area (Å²) in [4.78, 5) is 1.54. The smallest absolute Gasteiger partial charge is 0.207 e. The Kier molecular flexibility index (Phi) is 4.59. The third kappa shape index (κ3) is 3.23. The van der Waals surface area contributed by atoms with E-state index in [2.05, 4.69) is 0 Å². The van der Waals surface area contributed by atoms with Crippen LogP contribution in [0.2, 0.25) is 5.02 Å². The van der Waals surface area contributed by atoms with Gasteiger partial charge in [-0.15, -0.1) is 11.3 Å². The largest absolute Gasteiger partial charge is 0.243 e. The minimum Gasteiger partial charge on any atom is -0.207 e. The van der Waals surface area contributed by atoms with Crippen molar-refractivity contribution < 1.29 is 8.42 Å². The molecule has 3 rings (SSSR count). The molecule has 0 radical (unpaired) electrons.